The molecule has 0 spiro atoms. The normalized spacial score (nSPS) is 34.5. The molecule has 40 heavy (non-hydrogen) atoms. The Hall–Kier alpha value is -1.54. The highest BCUT2D eigenvalue weighted by atomic mass is 16.7. The predicted molar refractivity (Wildman–Crippen MR) is 154 cm³/mol. The van der Waals surface area contributed by atoms with Crippen LogP contribution in [-0.4, -0.2) is 54.9 Å². The second-order valence-electron chi connectivity index (χ2n) is 12.3. The Morgan fingerprint density at radius 1 is 1.00 bits per heavy atom. The number of rotatable bonds is 14. The van der Waals surface area contributed by atoms with E-state index < -0.39 is 5.97 Å². The summed E-state index contributed by atoms with van der Waals surface area (Å²) in [6.07, 6.45) is 22.8. The maximum atomic E-state index is 13.3. The molecule has 2 heterocycles. The number of hydrogen-bond acceptors (Lipinski definition) is 6. The number of carbonyl (C=O) groups excluding carboxylic acids is 1. The van der Waals surface area contributed by atoms with E-state index in [1.54, 1.807) is 0 Å². The van der Waals surface area contributed by atoms with Crippen LogP contribution in [0.2, 0.25) is 0 Å². The molecule has 0 aromatic heterocycles. The molecule has 2 saturated carbocycles. The largest absolute Gasteiger partial charge is 0.481 e. The van der Waals surface area contributed by atoms with E-state index in [-0.39, 0.29) is 48.8 Å². The number of carboxylic acid groups (broad SMARTS) is 1. The molecule has 4 fully saturated rings. The van der Waals surface area contributed by atoms with Gasteiger partial charge in [0.05, 0.1) is 12.2 Å². The fourth-order valence-corrected chi connectivity index (χ4v) is 6.86. The Morgan fingerprint density at radius 2 is 1.73 bits per heavy atom. The number of ether oxygens (including phenoxy) is 4. The molecule has 226 valence electrons. The van der Waals surface area contributed by atoms with Gasteiger partial charge in [-0.15, -0.1) is 0 Å². The number of Topliss-reactive ketones (excluding diaryl/α,β-unsaturated/α-hetero) is 1. The summed E-state index contributed by atoms with van der Waals surface area (Å²) in [5.74, 6) is 0.569. The number of unbranched alkanes of at least 4 members (excludes halogenated alkanes) is 1. The quantitative estimate of drug-likeness (QED) is 0.181. The summed E-state index contributed by atoms with van der Waals surface area (Å²) in [5.41, 5.74) is 0. The Kier molecular flexibility index (Phi) is 13.2. The molecule has 4 rings (SSSR count). The molecule has 4 aliphatic rings. The van der Waals surface area contributed by atoms with Crippen molar-refractivity contribution in [1.82, 2.24) is 0 Å². The molecule has 2 aliphatic heterocycles. The van der Waals surface area contributed by atoms with Crippen LogP contribution in [-0.2, 0) is 28.5 Å². The minimum atomic E-state index is -0.770. The van der Waals surface area contributed by atoms with Crippen molar-refractivity contribution in [3.63, 3.8) is 0 Å². The summed E-state index contributed by atoms with van der Waals surface area (Å²) >= 11 is 0. The fourth-order valence-electron chi connectivity index (χ4n) is 6.86. The van der Waals surface area contributed by atoms with Crippen molar-refractivity contribution in [3.05, 3.63) is 24.3 Å². The molecule has 0 bridgehead atoms. The van der Waals surface area contributed by atoms with Crippen molar-refractivity contribution >= 4 is 11.8 Å². The van der Waals surface area contributed by atoms with E-state index in [4.69, 9.17) is 24.1 Å². The summed E-state index contributed by atoms with van der Waals surface area (Å²) in [7, 11) is 0. The van der Waals surface area contributed by atoms with Crippen molar-refractivity contribution < 1.29 is 33.6 Å². The SMILES string of the molecule is CCC1CCC([C@@H](/C=C/[C@H]2[C@H](OC3CCCCO3)CC(=O)[C@@H]2C/C=C\CCCC(=O)O)OC2CCCCO2)CC1. The summed E-state index contributed by atoms with van der Waals surface area (Å²) in [4.78, 5) is 24.1. The van der Waals surface area contributed by atoms with Crippen LogP contribution in [0.15, 0.2) is 24.3 Å². The number of allylic oxidation sites excluding steroid dienone is 2. The van der Waals surface area contributed by atoms with Crippen molar-refractivity contribution in [2.75, 3.05) is 13.2 Å². The summed E-state index contributed by atoms with van der Waals surface area (Å²) < 4.78 is 24.9. The van der Waals surface area contributed by atoms with E-state index >= 15 is 0 Å². The first-order chi connectivity index (χ1) is 19.5. The highest BCUT2D eigenvalue weighted by molar-refractivity contribution is 5.85. The molecule has 0 radical (unpaired) electrons. The van der Waals surface area contributed by atoms with Crippen LogP contribution in [0.5, 0.6) is 0 Å². The van der Waals surface area contributed by atoms with Gasteiger partial charge in [-0.3, -0.25) is 9.59 Å². The first-order valence-electron chi connectivity index (χ1n) is 16.2. The number of hydrogen-bond donors (Lipinski definition) is 1. The first kappa shape index (κ1) is 31.4. The number of aliphatic carboxylic acids is 1. The Morgan fingerprint density at radius 3 is 2.38 bits per heavy atom. The molecule has 0 amide bonds. The highest BCUT2D eigenvalue weighted by Gasteiger charge is 2.42. The maximum absolute atomic E-state index is 13.3. The van der Waals surface area contributed by atoms with Gasteiger partial charge in [-0.05, 0) is 82.5 Å². The van der Waals surface area contributed by atoms with E-state index in [0.717, 1.165) is 51.0 Å². The Bertz CT molecular complexity index is 819. The third-order valence-electron chi connectivity index (χ3n) is 9.40. The first-order valence-corrected chi connectivity index (χ1v) is 16.2. The third-order valence-corrected chi connectivity index (χ3v) is 9.40. The second kappa shape index (κ2) is 16.8. The number of carboxylic acids is 1. The molecular formula is C33H52O7. The van der Waals surface area contributed by atoms with Crippen LogP contribution in [0.1, 0.15) is 110 Å². The monoisotopic (exact) mass is 560 g/mol. The number of ketones is 1. The second-order valence-corrected chi connectivity index (χ2v) is 12.3. The van der Waals surface area contributed by atoms with Crippen molar-refractivity contribution in [1.29, 1.82) is 0 Å². The van der Waals surface area contributed by atoms with E-state index in [0.29, 0.717) is 38.2 Å². The van der Waals surface area contributed by atoms with Gasteiger partial charge in [0.2, 0.25) is 0 Å². The minimum Gasteiger partial charge on any atom is -0.481 e. The van der Waals surface area contributed by atoms with Crippen molar-refractivity contribution in [2.45, 2.75) is 134 Å². The molecular weight excluding hydrogens is 508 g/mol. The molecule has 2 unspecified atom stereocenters. The Labute approximate surface area is 241 Å². The van der Waals surface area contributed by atoms with Gasteiger partial charge < -0.3 is 24.1 Å². The lowest BCUT2D eigenvalue weighted by Gasteiger charge is -2.35. The smallest absolute Gasteiger partial charge is 0.303 e. The lowest BCUT2D eigenvalue weighted by atomic mass is 9.78. The zero-order chi connectivity index (χ0) is 28.2. The molecule has 7 heteroatoms. The molecule has 6 atom stereocenters. The van der Waals surface area contributed by atoms with Crippen LogP contribution in [0, 0.1) is 23.7 Å². The van der Waals surface area contributed by atoms with Crippen LogP contribution in [0.4, 0.5) is 0 Å². The van der Waals surface area contributed by atoms with E-state index in [1.165, 1.54) is 32.1 Å². The van der Waals surface area contributed by atoms with Crippen LogP contribution >= 0.6 is 0 Å². The van der Waals surface area contributed by atoms with Gasteiger partial charge >= 0.3 is 5.97 Å². The average molecular weight is 561 g/mol. The topological polar surface area (TPSA) is 91.3 Å². The van der Waals surface area contributed by atoms with E-state index in [2.05, 4.69) is 25.2 Å². The lowest BCUT2D eigenvalue weighted by molar-refractivity contribution is -0.193. The molecule has 1 N–H and O–H groups in total. The minimum absolute atomic E-state index is 0.0181. The van der Waals surface area contributed by atoms with Crippen LogP contribution < -0.4 is 0 Å². The lowest BCUT2D eigenvalue weighted by Crippen LogP contribution is -2.34. The molecule has 2 saturated heterocycles. The number of carbonyl (C=O) groups is 2. The zero-order valence-corrected chi connectivity index (χ0v) is 24.6. The van der Waals surface area contributed by atoms with Crippen molar-refractivity contribution in [3.8, 4) is 0 Å². The van der Waals surface area contributed by atoms with Gasteiger partial charge in [-0.25, -0.2) is 0 Å². The van der Waals surface area contributed by atoms with Gasteiger partial charge in [-0.2, -0.15) is 0 Å². The fraction of sp³-hybridized carbons (Fsp3) is 0.818. The molecule has 0 aromatic carbocycles. The van der Waals surface area contributed by atoms with Crippen molar-refractivity contribution in [2.24, 2.45) is 23.7 Å². The van der Waals surface area contributed by atoms with Gasteiger partial charge in [0.25, 0.3) is 0 Å². The standard InChI is InChI=1S/C33H52O7/c1-2-24-15-17-25(18-16-24)29(39-32-13-7-9-21-37-32)20-19-27-26(11-5-3-4-6-12-31(35)36)28(34)23-30(27)40-33-14-8-10-22-38-33/h3,5,19-20,24-27,29-30,32-33H,2,4,6-18,21-23H2,1H3,(H,35,36)/b5-3-,20-19+/t24?,25?,26-,27-,29-,30-,32?,33?/m1/s1. The predicted octanol–water partition coefficient (Wildman–Crippen LogP) is 6.99. The zero-order valence-electron chi connectivity index (χ0n) is 24.6. The summed E-state index contributed by atoms with van der Waals surface area (Å²) in [6, 6.07) is 0. The summed E-state index contributed by atoms with van der Waals surface area (Å²) in [6.45, 7) is 3.77. The average Bonchev–Trinajstić information content (AvgIpc) is 3.27. The van der Waals surface area contributed by atoms with Gasteiger partial charge in [0, 0.05) is 37.9 Å². The van der Waals surface area contributed by atoms with Gasteiger partial charge in [0.15, 0.2) is 12.6 Å². The van der Waals surface area contributed by atoms with E-state index in [1.807, 2.05) is 6.08 Å². The van der Waals surface area contributed by atoms with Gasteiger partial charge in [0.1, 0.15) is 5.78 Å². The van der Waals surface area contributed by atoms with E-state index in [9.17, 15) is 9.59 Å². The van der Waals surface area contributed by atoms with Gasteiger partial charge in [-0.1, -0.05) is 50.5 Å². The summed E-state index contributed by atoms with van der Waals surface area (Å²) in [5, 5.41) is 8.88. The third kappa shape index (κ3) is 9.78. The van der Waals surface area contributed by atoms with Crippen LogP contribution in [0.25, 0.3) is 0 Å². The maximum Gasteiger partial charge on any atom is 0.303 e. The Balaban J connectivity index is 1.46. The van der Waals surface area contributed by atoms with Crippen LogP contribution in [0.3, 0.4) is 0 Å². The molecule has 0 aromatic rings. The highest BCUT2D eigenvalue weighted by Crippen LogP contribution is 2.39. The molecule has 7 nitrogen and oxygen atoms in total. The molecule has 2 aliphatic carbocycles.